The van der Waals surface area contributed by atoms with Crippen molar-refractivity contribution in [1.29, 1.82) is 0 Å². The fourth-order valence-electron chi connectivity index (χ4n) is 3.29. The van der Waals surface area contributed by atoms with E-state index in [0.717, 1.165) is 29.7 Å². The Bertz CT molecular complexity index is 1050. The zero-order valence-corrected chi connectivity index (χ0v) is 15.9. The first-order chi connectivity index (χ1) is 12.5. The van der Waals surface area contributed by atoms with Gasteiger partial charge in [-0.1, -0.05) is 48.5 Å². The van der Waals surface area contributed by atoms with E-state index in [1.165, 1.54) is 33.6 Å². The van der Waals surface area contributed by atoms with E-state index in [1.807, 2.05) is 0 Å². The van der Waals surface area contributed by atoms with Gasteiger partial charge in [-0.05, 0) is 46.7 Å². The van der Waals surface area contributed by atoms with E-state index in [2.05, 4.69) is 64.3 Å². The Morgan fingerprint density at radius 2 is 1.58 bits per heavy atom. The third kappa shape index (κ3) is 3.57. The van der Waals surface area contributed by atoms with Gasteiger partial charge in [0, 0.05) is 5.38 Å². The Morgan fingerprint density at radius 3 is 2.15 bits per heavy atom. The Labute approximate surface area is 157 Å². The third-order valence-corrected chi connectivity index (χ3v) is 5.73. The van der Waals surface area contributed by atoms with E-state index < -0.39 is 10.0 Å². The second-order valence-corrected chi connectivity index (χ2v) is 8.96. The van der Waals surface area contributed by atoms with Crippen molar-refractivity contribution in [2.75, 3.05) is 11.0 Å². The van der Waals surface area contributed by atoms with E-state index in [-0.39, 0.29) is 0 Å². The number of hydrogen-bond donors (Lipinski definition) is 1. The quantitative estimate of drug-likeness (QED) is 0.738. The monoisotopic (exact) mass is 382 g/mol. The molecule has 4 nitrogen and oxygen atoms in total. The molecule has 0 saturated carbocycles. The fourth-order valence-corrected chi connectivity index (χ4v) is 4.53. The van der Waals surface area contributed by atoms with Gasteiger partial charge in [-0.3, -0.25) is 4.72 Å². The summed E-state index contributed by atoms with van der Waals surface area (Å²) in [5.41, 5.74) is 6.20. The molecule has 0 unspecified atom stereocenters. The second-order valence-electron chi connectivity index (χ2n) is 6.32. The summed E-state index contributed by atoms with van der Waals surface area (Å²) >= 11 is 1.43. The molecule has 0 amide bonds. The van der Waals surface area contributed by atoms with Crippen molar-refractivity contribution >= 4 is 38.8 Å². The molecule has 1 N–H and O–H groups in total. The number of rotatable bonds is 3. The molecule has 1 aliphatic rings. The molecule has 26 heavy (non-hydrogen) atoms. The van der Waals surface area contributed by atoms with Gasteiger partial charge in [-0.25, -0.2) is 13.4 Å². The predicted molar refractivity (Wildman–Crippen MR) is 108 cm³/mol. The van der Waals surface area contributed by atoms with Crippen molar-refractivity contribution in [3.05, 3.63) is 81.2 Å². The number of aryl methyl sites for hydroxylation is 2. The van der Waals surface area contributed by atoms with Crippen LogP contribution in [0.1, 0.15) is 27.3 Å². The molecule has 132 valence electrons. The third-order valence-electron chi connectivity index (χ3n) is 4.36. The molecule has 0 saturated heterocycles. The molecule has 1 heterocycles. The minimum Gasteiger partial charge on any atom is -0.267 e. The Morgan fingerprint density at radius 1 is 1.00 bits per heavy atom. The van der Waals surface area contributed by atoms with Crippen molar-refractivity contribution in [3.63, 3.8) is 0 Å². The van der Waals surface area contributed by atoms with Crippen molar-refractivity contribution in [2.24, 2.45) is 0 Å². The maximum Gasteiger partial charge on any atom is 0.230 e. The molecule has 0 spiro atoms. The normalized spacial score (nSPS) is 13.5. The van der Waals surface area contributed by atoms with Crippen molar-refractivity contribution < 1.29 is 8.42 Å². The zero-order chi connectivity index (χ0) is 18.1. The van der Waals surface area contributed by atoms with Crippen LogP contribution >= 0.6 is 11.3 Å². The summed E-state index contributed by atoms with van der Waals surface area (Å²) in [6.07, 6.45) is 5.19. The van der Waals surface area contributed by atoms with Crippen LogP contribution in [0.4, 0.5) is 5.82 Å². The lowest BCUT2D eigenvalue weighted by molar-refractivity contribution is 0.606. The van der Waals surface area contributed by atoms with Crippen LogP contribution in [0.25, 0.3) is 11.6 Å². The summed E-state index contributed by atoms with van der Waals surface area (Å²) in [7, 11) is -3.33. The number of hydrogen-bond acceptors (Lipinski definition) is 4. The van der Waals surface area contributed by atoms with Gasteiger partial charge in [0.05, 0.1) is 6.26 Å². The molecule has 1 aliphatic carbocycles. The van der Waals surface area contributed by atoms with E-state index in [0.29, 0.717) is 5.82 Å². The first kappa shape index (κ1) is 17.0. The SMILES string of the molecule is CS(=O)(=O)Nc1csc(C=C2c3ccccc3CCc3ccccc32)n1. The van der Waals surface area contributed by atoms with Gasteiger partial charge < -0.3 is 0 Å². The number of anilines is 1. The summed E-state index contributed by atoms with van der Waals surface area (Å²) in [4.78, 5) is 4.42. The smallest absolute Gasteiger partial charge is 0.230 e. The summed E-state index contributed by atoms with van der Waals surface area (Å²) in [6, 6.07) is 16.9. The van der Waals surface area contributed by atoms with Crippen LogP contribution in [0, 0.1) is 0 Å². The molecule has 3 aromatic rings. The summed E-state index contributed by atoms with van der Waals surface area (Å²) in [5.74, 6) is 0.361. The first-order valence-corrected chi connectivity index (χ1v) is 11.1. The molecule has 0 fully saturated rings. The molecule has 0 radical (unpaired) electrons. The Kier molecular flexibility index (Phi) is 4.38. The lowest BCUT2D eigenvalue weighted by Gasteiger charge is -2.11. The van der Waals surface area contributed by atoms with E-state index in [1.54, 1.807) is 5.38 Å². The number of nitrogens with zero attached hydrogens (tertiary/aromatic N) is 1. The van der Waals surface area contributed by atoms with Gasteiger partial charge in [0.2, 0.25) is 10.0 Å². The molecular formula is C20H18N2O2S2. The molecule has 4 rings (SSSR count). The lowest BCUT2D eigenvalue weighted by Crippen LogP contribution is -2.09. The average Bonchev–Trinajstić information content (AvgIpc) is 2.96. The van der Waals surface area contributed by atoms with Gasteiger partial charge in [0.15, 0.2) is 5.82 Å². The minimum absolute atomic E-state index is 0.361. The fraction of sp³-hybridized carbons (Fsp3) is 0.150. The van der Waals surface area contributed by atoms with Gasteiger partial charge in [-0.15, -0.1) is 11.3 Å². The molecule has 2 aromatic carbocycles. The number of benzene rings is 2. The van der Waals surface area contributed by atoms with Crippen LogP contribution in [-0.2, 0) is 22.9 Å². The van der Waals surface area contributed by atoms with Gasteiger partial charge >= 0.3 is 0 Å². The average molecular weight is 383 g/mol. The van der Waals surface area contributed by atoms with E-state index >= 15 is 0 Å². The standard InChI is InChI=1S/C20H18N2O2S2/c1-26(23,24)22-19-13-25-20(21-19)12-18-16-8-4-2-6-14(16)10-11-15-7-3-5-9-17(15)18/h2-9,12-13,22H,10-11H2,1H3. The molecule has 0 bridgehead atoms. The summed E-state index contributed by atoms with van der Waals surface area (Å²) in [6.45, 7) is 0. The predicted octanol–water partition coefficient (Wildman–Crippen LogP) is 4.20. The highest BCUT2D eigenvalue weighted by atomic mass is 32.2. The van der Waals surface area contributed by atoms with Crippen LogP contribution in [0.5, 0.6) is 0 Å². The number of aromatic nitrogens is 1. The van der Waals surface area contributed by atoms with Crippen molar-refractivity contribution in [1.82, 2.24) is 4.98 Å². The largest absolute Gasteiger partial charge is 0.267 e. The molecule has 0 atom stereocenters. The van der Waals surface area contributed by atoms with Crippen LogP contribution < -0.4 is 4.72 Å². The van der Waals surface area contributed by atoms with Crippen LogP contribution in [0.15, 0.2) is 53.9 Å². The number of thiazole rings is 1. The Hall–Kier alpha value is -2.44. The van der Waals surface area contributed by atoms with E-state index in [9.17, 15) is 8.42 Å². The minimum atomic E-state index is -3.33. The van der Waals surface area contributed by atoms with Crippen molar-refractivity contribution in [3.8, 4) is 0 Å². The van der Waals surface area contributed by atoms with Crippen LogP contribution in [0.2, 0.25) is 0 Å². The summed E-state index contributed by atoms with van der Waals surface area (Å²) < 4.78 is 25.3. The molecule has 6 heteroatoms. The topological polar surface area (TPSA) is 59.1 Å². The van der Waals surface area contributed by atoms with Crippen molar-refractivity contribution in [2.45, 2.75) is 12.8 Å². The first-order valence-electron chi connectivity index (χ1n) is 8.31. The number of sulfonamides is 1. The van der Waals surface area contributed by atoms with Crippen LogP contribution in [-0.4, -0.2) is 19.7 Å². The number of fused-ring (bicyclic) bond motifs is 2. The highest BCUT2D eigenvalue weighted by Gasteiger charge is 2.18. The van der Waals surface area contributed by atoms with E-state index in [4.69, 9.17) is 0 Å². The maximum atomic E-state index is 11.4. The molecule has 1 aromatic heterocycles. The van der Waals surface area contributed by atoms with Gasteiger partial charge in [0.25, 0.3) is 0 Å². The highest BCUT2D eigenvalue weighted by molar-refractivity contribution is 7.92. The Balaban J connectivity index is 1.84. The van der Waals surface area contributed by atoms with Crippen LogP contribution in [0.3, 0.4) is 0 Å². The summed E-state index contributed by atoms with van der Waals surface area (Å²) in [5, 5.41) is 2.50. The molecule has 0 aliphatic heterocycles. The van der Waals surface area contributed by atoms with Gasteiger partial charge in [-0.2, -0.15) is 0 Å². The highest BCUT2D eigenvalue weighted by Crippen LogP contribution is 2.35. The molecular weight excluding hydrogens is 364 g/mol. The lowest BCUT2D eigenvalue weighted by atomic mass is 9.94. The van der Waals surface area contributed by atoms with Gasteiger partial charge in [0.1, 0.15) is 5.01 Å². The zero-order valence-electron chi connectivity index (χ0n) is 14.3. The number of nitrogens with one attached hydrogen (secondary N) is 1. The second kappa shape index (κ2) is 6.70. The maximum absolute atomic E-state index is 11.4.